The first-order valence-electron chi connectivity index (χ1n) is 7.49. The predicted octanol–water partition coefficient (Wildman–Crippen LogP) is 3.74. The summed E-state index contributed by atoms with van der Waals surface area (Å²) in [6.07, 6.45) is 0.0205. The van der Waals surface area contributed by atoms with E-state index in [1.54, 1.807) is 18.2 Å². The minimum absolute atomic E-state index is 0.0941. The molecule has 2 N–H and O–H groups in total. The molecule has 124 valence electrons. The summed E-state index contributed by atoms with van der Waals surface area (Å²) < 4.78 is 18.6. The second-order valence-electron chi connectivity index (χ2n) is 5.55. The zero-order chi connectivity index (χ0) is 16.8. The molecule has 2 aromatic carbocycles. The van der Waals surface area contributed by atoms with Crippen molar-refractivity contribution in [2.24, 2.45) is 0 Å². The first-order chi connectivity index (χ1) is 11.0. The Hall–Kier alpha value is -1.62. The van der Waals surface area contributed by atoms with Gasteiger partial charge in [0.15, 0.2) is 11.6 Å². The monoisotopic (exact) mass is 337 g/mol. The van der Waals surface area contributed by atoms with E-state index in [1.165, 1.54) is 13.2 Å². The van der Waals surface area contributed by atoms with Crippen LogP contribution in [0, 0.1) is 5.82 Å². The summed E-state index contributed by atoms with van der Waals surface area (Å²) in [5.41, 5.74) is 1.65. The van der Waals surface area contributed by atoms with E-state index < -0.39 is 6.10 Å². The van der Waals surface area contributed by atoms with E-state index in [0.29, 0.717) is 18.0 Å². The molecule has 0 fully saturated rings. The highest BCUT2D eigenvalue weighted by Crippen LogP contribution is 2.19. The topological polar surface area (TPSA) is 41.5 Å². The third-order valence-electron chi connectivity index (χ3n) is 3.65. The lowest BCUT2D eigenvalue weighted by Crippen LogP contribution is -2.32. The Balaban J connectivity index is 1.87. The summed E-state index contributed by atoms with van der Waals surface area (Å²) in [7, 11) is 1.44. The van der Waals surface area contributed by atoms with E-state index in [1.807, 2.05) is 25.1 Å². The summed E-state index contributed by atoms with van der Waals surface area (Å²) in [6.45, 7) is 2.40. The van der Waals surface area contributed by atoms with Crippen LogP contribution >= 0.6 is 11.6 Å². The summed E-state index contributed by atoms with van der Waals surface area (Å²) in [6, 6.07) is 12.2. The minimum Gasteiger partial charge on any atom is -0.494 e. The van der Waals surface area contributed by atoms with Crippen LogP contribution in [-0.4, -0.2) is 24.8 Å². The molecule has 0 unspecified atom stereocenters. The van der Waals surface area contributed by atoms with Crippen molar-refractivity contribution in [3.63, 3.8) is 0 Å². The molecule has 0 bridgehead atoms. The van der Waals surface area contributed by atoms with Gasteiger partial charge in [0, 0.05) is 17.6 Å². The van der Waals surface area contributed by atoms with Crippen LogP contribution in [0.1, 0.15) is 24.2 Å². The number of aliphatic hydroxyl groups excluding tert-OH is 1. The highest BCUT2D eigenvalue weighted by Gasteiger charge is 2.11. The molecule has 0 radical (unpaired) electrons. The van der Waals surface area contributed by atoms with Crippen LogP contribution in [0.5, 0.6) is 5.75 Å². The van der Waals surface area contributed by atoms with Crippen molar-refractivity contribution < 1.29 is 14.2 Å². The summed E-state index contributed by atoms with van der Waals surface area (Å²) in [5.74, 6) is -0.123. The SMILES string of the molecule is COc1ccc(C[C@@H](C)NC[C@H](O)c2cccc(Cl)c2)cc1F. The lowest BCUT2D eigenvalue weighted by molar-refractivity contribution is 0.170. The van der Waals surface area contributed by atoms with Crippen LogP contribution in [0.15, 0.2) is 42.5 Å². The first kappa shape index (κ1) is 17.7. The second kappa shape index (κ2) is 8.29. The van der Waals surface area contributed by atoms with Crippen molar-refractivity contribution in [1.29, 1.82) is 0 Å². The maximum absolute atomic E-state index is 13.7. The standard InChI is InChI=1S/C18H21ClFNO2/c1-12(8-13-6-7-18(23-2)16(20)9-13)21-11-17(22)14-4-3-5-15(19)10-14/h3-7,9-10,12,17,21-22H,8,11H2,1-2H3/t12-,17+/m1/s1. The van der Waals surface area contributed by atoms with E-state index in [0.717, 1.165) is 11.1 Å². The van der Waals surface area contributed by atoms with Crippen molar-refractivity contribution in [3.8, 4) is 5.75 Å². The lowest BCUT2D eigenvalue weighted by atomic mass is 10.1. The molecule has 3 nitrogen and oxygen atoms in total. The van der Waals surface area contributed by atoms with Gasteiger partial charge in [-0.2, -0.15) is 0 Å². The van der Waals surface area contributed by atoms with Crippen molar-refractivity contribution in [2.75, 3.05) is 13.7 Å². The fraction of sp³-hybridized carbons (Fsp3) is 0.333. The van der Waals surface area contributed by atoms with Gasteiger partial charge >= 0.3 is 0 Å². The summed E-state index contributed by atoms with van der Waals surface area (Å²) in [4.78, 5) is 0. The third-order valence-corrected chi connectivity index (χ3v) is 3.89. The quantitative estimate of drug-likeness (QED) is 0.808. The molecule has 23 heavy (non-hydrogen) atoms. The molecule has 0 saturated carbocycles. The maximum Gasteiger partial charge on any atom is 0.165 e. The molecule has 0 spiro atoms. The van der Waals surface area contributed by atoms with Gasteiger partial charge in [0.25, 0.3) is 0 Å². The minimum atomic E-state index is -0.635. The number of benzene rings is 2. The molecule has 0 heterocycles. The molecule has 2 atom stereocenters. The Bertz CT molecular complexity index is 651. The van der Waals surface area contributed by atoms with E-state index >= 15 is 0 Å². The molecule has 0 aromatic heterocycles. The van der Waals surface area contributed by atoms with Crippen LogP contribution in [-0.2, 0) is 6.42 Å². The Morgan fingerprint density at radius 2 is 2.04 bits per heavy atom. The zero-order valence-electron chi connectivity index (χ0n) is 13.2. The van der Waals surface area contributed by atoms with Crippen molar-refractivity contribution in [3.05, 3.63) is 64.4 Å². The fourth-order valence-corrected chi connectivity index (χ4v) is 2.61. The van der Waals surface area contributed by atoms with E-state index in [-0.39, 0.29) is 17.6 Å². The van der Waals surface area contributed by atoms with Gasteiger partial charge in [0.05, 0.1) is 13.2 Å². The van der Waals surface area contributed by atoms with Crippen molar-refractivity contribution in [2.45, 2.75) is 25.5 Å². The van der Waals surface area contributed by atoms with Gasteiger partial charge < -0.3 is 15.2 Å². The first-order valence-corrected chi connectivity index (χ1v) is 7.86. The Labute approximate surface area is 141 Å². The summed E-state index contributed by atoms with van der Waals surface area (Å²) >= 11 is 5.92. The van der Waals surface area contributed by atoms with Gasteiger partial charge in [-0.1, -0.05) is 29.8 Å². The van der Waals surface area contributed by atoms with Crippen LogP contribution in [0.3, 0.4) is 0 Å². The highest BCUT2D eigenvalue weighted by atomic mass is 35.5. The van der Waals surface area contributed by atoms with Gasteiger partial charge in [-0.3, -0.25) is 0 Å². The highest BCUT2D eigenvalue weighted by molar-refractivity contribution is 6.30. The second-order valence-corrected chi connectivity index (χ2v) is 5.99. The van der Waals surface area contributed by atoms with Gasteiger partial charge in [0.2, 0.25) is 0 Å². The number of ether oxygens (including phenoxy) is 1. The maximum atomic E-state index is 13.7. The molecular weight excluding hydrogens is 317 g/mol. The average molecular weight is 338 g/mol. The smallest absolute Gasteiger partial charge is 0.165 e. The number of nitrogens with one attached hydrogen (secondary N) is 1. The van der Waals surface area contributed by atoms with E-state index in [9.17, 15) is 9.50 Å². The molecule has 0 amide bonds. The summed E-state index contributed by atoms with van der Waals surface area (Å²) in [5, 5.41) is 14.0. The van der Waals surface area contributed by atoms with Crippen molar-refractivity contribution >= 4 is 11.6 Å². The number of hydrogen-bond donors (Lipinski definition) is 2. The van der Waals surface area contributed by atoms with Gasteiger partial charge in [-0.15, -0.1) is 0 Å². The van der Waals surface area contributed by atoms with Gasteiger partial charge in [0.1, 0.15) is 0 Å². The largest absolute Gasteiger partial charge is 0.494 e. The Morgan fingerprint density at radius 3 is 2.70 bits per heavy atom. The Morgan fingerprint density at radius 1 is 1.26 bits per heavy atom. The van der Waals surface area contributed by atoms with Crippen LogP contribution in [0.2, 0.25) is 5.02 Å². The third kappa shape index (κ3) is 5.20. The predicted molar refractivity (Wildman–Crippen MR) is 90.5 cm³/mol. The van der Waals surface area contributed by atoms with Crippen LogP contribution in [0.4, 0.5) is 4.39 Å². The number of hydrogen-bond acceptors (Lipinski definition) is 3. The molecule has 2 aromatic rings. The number of rotatable bonds is 7. The van der Waals surface area contributed by atoms with Crippen LogP contribution < -0.4 is 10.1 Å². The van der Waals surface area contributed by atoms with E-state index in [2.05, 4.69) is 5.32 Å². The molecule has 0 aliphatic heterocycles. The number of methoxy groups -OCH3 is 1. The van der Waals surface area contributed by atoms with Crippen molar-refractivity contribution in [1.82, 2.24) is 5.32 Å². The molecule has 0 saturated heterocycles. The Kier molecular flexibility index (Phi) is 6.39. The molecule has 5 heteroatoms. The number of aliphatic hydroxyl groups is 1. The number of halogens is 2. The fourth-order valence-electron chi connectivity index (χ4n) is 2.41. The average Bonchev–Trinajstić information content (AvgIpc) is 2.53. The van der Waals surface area contributed by atoms with Gasteiger partial charge in [-0.05, 0) is 48.7 Å². The normalized spacial score (nSPS) is 13.6. The molecule has 0 aliphatic rings. The lowest BCUT2D eigenvalue weighted by Gasteiger charge is -2.18. The van der Waals surface area contributed by atoms with E-state index in [4.69, 9.17) is 16.3 Å². The molecular formula is C18H21ClFNO2. The van der Waals surface area contributed by atoms with Gasteiger partial charge in [-0.25, -0.2) is 4.39 Å². The molecule has 2 rings (SSSR count). The van der Waals surface area contributed by atoms with Crippen LogP contribution in [0.25, 0.3) is 0 Å². The molecule has 0 aliphatic carbocycles. The zero-order valence-corrected chi connectivity index (χ0v) is 14.0.